The van der Waals surface area contributed by atoms with E-state index in [9.17, 15) is 9.59 Å². The molecular weight excluding hydrogens is 415 g/mol. The van der Waals surface area contributed by atoms with Gasteiger partial charge in [-0.1, -0.05) is 29.3 Å². The van der Waals surface area contributed by atoms with Gasteiger partial charge in [0.05, 0.1) is 12.6 Å². The zero-order valence-electron chi connectivity index (χ0n) is 15.7. The molecule has 4 nitrogen and oxygen atoms in total. The van der Waals surface area contributed by atoms with Gasteiger partial charge in [-0.3, -0.25) is 9.59 Å². The van der Waals surface area contributed by atoms with Crippen LogP contribution in [0.25, 0.3) is 0 Å². The molecule has 0 bridgehead atoms. The van der Waals surface area contributed by atoms with Crippen LogP contribution in [0.4, 0.5) is 0 Å². The Labute approximate surface area is 179 Å². The number of nitrogens with zero attached hydrogens (tertiary/aromatic N) is 2. The van der Waals surface area contributed by atoms with Crippen molar-refractivity contribution in [3.8, 4) is 0 Å². The highest BCUT2D eigenvalue weighted by Gasteiger charge is 2.37. The Morgan fingerprint density at radius 1 is 1.21 bits per heavy atom. The van der Waals surface area contributed by atoms with Gasteiger partial charge >= 0.3 is 0 Å². The Balaban J connectivity index is 1.64. The number of benzene rings is 1. The second-order valence-corrected chi connectivity index (χ2v) is 9.18. The fourth-order valence-electron chi connectivity index (χ4n) is 3.83. The summed E-state index contributed by atoms with van der Waals surface area (Å²) in [6, 6.07) is 7.25. The highest BCUT2D eigenvalue weighted by atomic mass is 35.5. The van der Waals surface area contributed by atoms with Gasteiger partial charge in [0.25, 0.3) is 0 Å². The van der Waals surface area contributed by atoms with Crippen LogP contribution in [0, 0.1) is 5.92 Å². The van der Waals surface area contributed by atoms with Gasteiger partial charge in [-0.15, -0.1) is 11.3 Å². The van der Waals surface area contributed by atoms with Crippen molar-refractivity contribution in [3.63, 3.8) is 0 Å². The van der Waals surface area contributed by atoms with Gasteiger partial charge in [-0.25, -0.2) is 0 Å². The standard InChI is InChI=1S/C21H22Cl2N2O2S/c1-2-24(21(27)13-3-4-13)12-19(26)25-9-7-18-16(8-10-28-18)20(25)15-6-5-14(22)11-17(15)23/h5-6,8,10-11,13,20H,2-4,7,9,12H2,1H3. The first-order valence-electron chi connectivity index (χ1n) is 9.59. The lowest BCUT2D eigenvalue weighted by atomic mass is 9.93. The topological polar surface area (TPSA) is 40.6 Å². The molecule has 0 N–H and O–H groups in total. The Bertz CT molecular complexity index is 910. The van der Waals surface area contributed by atoms with E-state index in [1.807, 2.05) is 17.9 Å². The molecule has 1 fully saturated rings. The number of carbonyl (C=O) groups excluding carboxylic acids is 2. The molecule has 7 heteroatoms. The number of fused-ring (bicyclic) bond motifs is 1. The highest BCUT2D eigenvalue weighted by molar-refractivity contribution is 7.10. The number of carbonyl (C=O) groups is 2. The lowest BCUT2D eigenvalue weighted by molar-refractivity contribution is -0.142. The average Bonchev–Trinajstić information content (AvgIpc) is 3.42. The van der Waals surface area contributed by atoms with E-state index in [-0.39, 0.29) is 30.3 Å². The van der Waals surface area contributed by atoms with Gasteiger partial charge in [-0.05, 0) is 60.9 Å². The summed E-state index contributed by atoms with van der Waals surface area (Å²) in [6.45, 7) is 3.21. The lowest BCUT2D eigenvalue weighted by Gasteiger charge is -2.38. The van der Waals surface area contributed by atoms with Gasteiger partial charge < -0.3 is 9.80 Å². The zero-order chi connectivity index (χ0) is 19.8. The van der Waals surface area contributed by atoms with Crippen LogP contribution in [0.3, 0.4) is 0 Å². The molecule has 1 atom stereocenters. The minimum atomic E-state index is -0.248. The first kappa shape index (κ1) is 19.7. The van der Waals surface area contributed by atoms with Gasteiger partial charge in [0.1, 0.15) is 0 Å². The lowest BCUT2D eigenvalue weighted by Crippen LogP contribution is -2.47. The molecule has 1 saturated carbocycles. The van der Waals surface area contributed by atoms with Crippen molar-refractivity contribution < 1.29 is 9.59 Å². The Morgan fingerprint density at radius 3 is 2.68 bits per heavy atom. The molecule has 1 aromatic carbocycles. The summed E-state index contributed by atoms with van der Waals surface area (Å²) in [5.74, 6) is 0.174. The SMILES string of the molecule is CCN(CC(=O)N1CCc2sccc2C1c1ccc(Cl)cc1Cl)C(=O)C1CC1. The Kier molecular flexibility index (Phi) is 5.68. The smallest absolute Gasteiger partial charge is 0.242 e. The van der Waals surface area contributed by atoms with Crippen molar-refractivity contribution in [1.29, 1.82) is 0 Å². The third-order valence-electron chi connectivity index (χ3n) is 5.49. The van der Waals surface area contributed by atoms with Gasteiger partial charge in [0.15, 0.2) is 0 Å². The van der Waals surface area contributed by atoms with E-state index in [0.29, 0.717) is 23.1 Å². The molecule has 2 heterocycles. The predicted octanol–water partition coefficient (Wildman–Crippen LogP) is 4.79. The van der Waals surface area contributed by atoms with Crippen LogP contribution in [0.2, 0.25) is 10.0 Å². The van der Waals surface area contributed by atoms with Crippen LogP contribution in [0.5, 0.6) is 0 Å². The molecule has 0 saturated heterocycles. The quantitative estimate of drug-likeness (QED) is 0.675. The third-order valence-corrected chi connectivity index (χ3v) is 7.05. The van der Waals surface area contributed by atoms with Crippen molar-refractivity contribution in [2.45, 2.75) is 32.2 Å². The number of hydrogen-bond donors (Lipinski definition) is 0. The first-order chi connectivity index (χ1) is 13.5. The van der Waals surface area contributed by atoms with Crippen LogP contribution in [-0.2, 0) is 16.0 Å². The summed E-state index contributed by atoms with van der Waals surface area (Å²) in [5.41, 5.74) is 1.99. The first-order valence-corrected chi connectivity index (χ1v) is 11.2. The normalized spacial score (nSPS) is 18.7. The van der Waals surface area contributed by atoms with Crippen molar-refractivity contribution >= 4 is 46.4 Å². The molecule has 1 unspecified atom stereocenters. The molecule has 2 aromatic rings. The van der Waals surface area contributed by atoms with Crippen molar-refractivity contribution in [3.05, 3.63) is 55.7 Å². The maximum absolute atomic E-state index is 13.3. The van der Waals surface area contributed by atoms with Gasteiger partial charge in [-0.2, -0.15) is 0 Å². The summed E-state index contributed by atoms with van der Waals surface area (Å²) < 4.78 is 0. The second kappa shape index (κ2) is 8.05. The van der Waals surface area contributed by atoms with Crippen molar-refractivity contribution in [2.24, 2.45) is 5.92 Å². The Hall–Kier alpha value is -1.56. The largest absolute Gasteiger partial charge is 0.333 e. The summed E-state index contributed by atoms with van der Waals surface area (Å²) in [4.78, 5) is 30.6. The number of thiophene rings is 1. The molecule has 1 aliphatic carbocycles. The third kappa shape index (κ3) is 3.80. The van der Waals surface area contributed by atoms with Crippen molar-refractivity contribution in [1.82, 2.24) is 9.80 Å². The van der Waals surface area contributed by atoms with E-state index in [1.165, 1.54) is 4.88 Å². The molecule has 4 rings (SSSR count). The predicted molar refractivity (Wildman–Crippen MR) is 113 cm³/mol. The van der Waals surface area contributed by atoms with Crippen LogP contribution in [-0.4, -0.2) is 41.2 Å². The Morgan fingerprint density at radius 2 is 2.00 bits per heavy atom. The van der Waals surface area contributed by atoms with E-state index in [0.717, 1.165) is 30.4 Å². The fraction of sp³-hybridized carbons (Fsp3) is 0.429. The molecule has 148 valence electrons. The number of halogens is 2. The zero-order valence-corrected chi connectivity index (χ0v) is 18.0. The molecule has 2 aliphatic rings. The van der Waals surface area contributed by atoms with E-state index in [1.54, 1.807) is 28.4 Å². The second-order valence-electron chi connectivity index (χ2n) is 7.33. The summed E-state index contributed by atoms with van der Waals surface area (Å²) in [6.07, 6.45) is 2.70. The van der Waals surface area contributed by atoms with Crippen LogP contribution >= 0.6 is 34.5 Å². The molecule has 0 radical (unpaired) electrons. The molecular formula is C21H22Cl2N2O2S. The van der Waals surface area contributed by atoms with Crippen LogP contribution < -0.4 is 0 Å². The average molecular weight is 437 g/mol. The highest BCUT2D eigenvalue weighted by Crippen LogP contribution is 2.41. The van der Waals surface area contributed by atoms with E-state index in [4.69, 9.17) is 23.2 Å². The van der Waals surface area contributed by atoms with Gasteiger partial charge in [0.2, 0.25) is 11.8 Å². The molecule has 0 spiro atoms. The maximum Gasteiger partial charge on any atom is 0.242 e. The summed E-state index contributed by atoms with van der Waals surface area (Å²) >= 11 is 14.3. The summed E-state index contributed by atoms with van der Waals surface area (Å²) in [7, 11) is 0. The van der Waals surface area contributed by atoms with Crippen LogP contribution in [0.1, 0.15) is 41.8 Å². The summed E-state index contributed by atoms with van der Waals surface area (Å²) in [5, 5.41) is 3.18. The monoisotopic (exact) mass is 436 g/mol. The maximum atomic E-state index is 13.3. The number of rotatable bonds is 5. The molecule has 1 aliphatic heterocycles. The van der Waals surface area contributed by atoms with E-state index >= 15 is 0 Å². The molecule has 2 amide bonds. The minimum Gasteiger partial charge on any atom is -0.333 e. The number of amides is 2. The van der Waals surface area contributed by atoms with E-state index in [2.05, 4.69) is 11.4 Å². The molecule has 1 aromatic heterocycles. The molecule has 28 heavy (non-hydrogen) atoms. The van der Waals surface area contributed by atoms with Crippen LogP contribution in [0.15, 0.2) is 29.6 Å². The van der Waals surface area contributed by atoms with E-state index < -0.39 is 0 Å². The van der Waals surface area contributed by atoms with Gasteiger partial charge in [0, 0.05) is 33.9 Å². The number of hydrogen-bond acceptors (Lipinski definition) is 3. The minimum absolute atomic E-state index is 0.0382. The van der Waals surface area contributed by atoms with Crippen molar-refractivity contribution in [2.75, 3.05) is 19.6 Å². The fourth-order valence-corrected chi connectivity index (χ4v) is 5.25. The number of likely N-dealkylation sites (N-methyl/N-ethyl adjacent to an activating group) is 1.